The summed E-state index contributed by atoms with van der Waals surface area (Å²) in [4.78, 5) is 1.40. The van der Waals surface area contributed by atoms with Gasteiger partial charge in [0.1, 0.15) is 0 Å². The first kappa shape index (κ1) is 8.02. The first-order chi connectivity index (χ1) is 5.84. The van der Waals surface area contributed by atoms with Crippen LogP contribution in [-0.4, -0.2) is 11.2 Å². The predicted octanol–water partition coefficient (Wildman–Crippen LogP) is 2.37. The van der Waals surface area contributed by atoms with E-state index >= 15 is 0 Å². The minimum Gasteiger partial charge on any atom is -0.389 e. The summed E-state index contributed by atoms with van der Waals surface area (Å²) in [6, 6.07) is 4.22. The van der Waals surface area contributed by atoms with Crippen LogP contribution in [0.5, 0.6) is 0 Å². The zero-order valence-electron chi connectivity index (χ0n) is 6.86. The van der Waals surface area contributed by atoms with E-state index in [-0.39, 0.29) is 6.10 Å². The molecule has 1 aromatic rings. The van der Waals surface area contributed by atoms with Crippen molar-refractivity contribution in [2.75, 3.05) is 0 Å². The lowest BCUT2D eigenvalue weighted by atomic mass is 10.1. The van der Waals surface area contributed by atoms with Gasteiger partial charge in [-0.05, 0) is 24.3 Å². The van der Waals surface area contributed by atoms with E-state index in [0.717, 1.165) is 19.3 Å². The van der Waals surface area contributed by atoms with Crippen LogP contribution in [-0.2, 0) is 6.42 Å². The Kier molecular flexibility index (Phi) is 2.28. The van der Waals surface area contributed by atoms with Crippen molar-refractivity contribution in [2.45, 2.75) is 25.4 Å². The zero-order valence-corrected chi connectivity index (χ0v) is 7.68. The maximum absolute atomic E-state index is 9.26. The lowest BCUT2D eigenvalue weighted by Gasteiger charge is -1.96. The van der Waals surface area contributed by atoms with Crippen molar-refractivity contribution in [1.29, 1.82) is 0 Å². The molecular weight excluding hydrogens is 168 g/mol. The lowest BCUT2D eigenvalue weighted by molar-refractivity contribution is 0.223. The molecule has 0 fully saturated rings. The van der Waals surface area contributed by atoms with Crippen molar-refractivity contribution in [2.24, 2.45) is 0 Å². The summed E-state index contributed by atoms with van der Waals surface area (Å²) in [6.45, 7) is 0. The van der Waals surface area contributed by atoms with Crippen LogP contribution in [0, 0.1) is 0 Å². The quantitative estimate of drug-likeness (QED) is 0.693. The number of hydrogen-bond acceptors (Lipinski definition) is 2. The second kappa shape index (κ2) is 3.42. The minimum atomic E-state index is -0.181. The van der Waals surface area contributed by atoms with Crippen LogP contribution in [0.3, 0.4) is 0 Å². The molecule has 64 valence electrons. The van der Waals surface area contributed by atoms with E-state index in [2.05, 4.69) is 17.5 Å². The first-order valence-electron chi connectivity index (χ1n) is 4.24. The van der Waals surface area contributed by atoms with Gasteiger partial charge in [-0.25, -0.2) is 0 Å². The SMILES string of the molecule is OC1C=C(Cc2cccs2)CC1. The molecule has 0 saturated carbocycles. The molecule has 2 rings (SSSR count). The Hall–Kier alpha value is -0.600. The topological polar surface area (TPSA) is 20.2 Å². The molecule has 0 saturated heterocycles. The molecule has 1 aliphatic carbocycles. The van der Waals surface area contributed by atoms with Gasteiger partial charge in [-0.1, -0.05) is 17.7 Å². The highest BCUT2D eigenvalue weighted by molar-refractivity contribution is 7.09. The van der Waals surface area contributed by atoms with E-state index in [1.54, 1.807) is 11.3 Å². The van der Waals surface area contributed by atoms with E-state index in [0.29, 0.717) is 0 Å². The molecule has 0 spiro atoms. The van der Waals surface area contributed by atoms with Crippen molar-refractivity contribution in [1.82, 2.24) is 0 Å². The predicted molar refractivity (Wildman–Crippen MR) is 51.3 cm³/mol. The van der Waals surface area contributed by atoms with E-state index in [1.807, 2.05) is 6.08 Å². The summed E-state index contributed by atoms with van der Waals surface area (Å²) in [5, 5.41) is 11.4. The number of allylic oxidation sites excluding steroid dienone is 1. The second-order valence-corrected chi connectivity index (χ2v) is 4.22. The molecule has 0 radical (unpaired) electrons. The maximum Gasteiger partial charge on any atom is 0.0726 e. The van der Waals surface area contributed by atoms with E-state index in [9.17, 15) is 5.11 Å². The number of aliphatic hydroxyl groups is 1. The Balaban J connectivity index is 2.00. The van der Waals surface area contributed by atoms with E-state index in [4.69, 9.17) is 0 Å². The van der Waals surface area contributed by atoms with Crippen LogP contribution < -0.4 is 0 Å². The summed E-state index contributed by atoms with van der Waals surface area (Å²) in [7, 11) is 0. The van der Waals surface area contributed by atoms with Crippen LogP contribution >= 0.6 is 11.3 Å². The zero-order chi connectivity index (χ0) is 8.39. The molecule has 0 aliphatic heterocycles. The lowest BCUT2D eigenvalue weighted by Crippen LogP contribution is -1.93. The monoisotopic (exact) mass is 180 g/mol. The van der Waals surface area contributed by atoms with Crippen molar-refractivity contribution in [3.8, 4) is 0 Å². The Bertz CT molecular complexity index is 274. The van der Waals surface area contributed by atoms with Crippen molar-refractivity contribution < 1.29 is 5.11 Å². The largest absolute Gasteiger partial charge is 0.389 e. The number of aliphatic hydroxyl groups excluding tert-OH is 1. The van der Waals surface area contributed by atoms with Crippen LogP contribution in [0.1, 0.15) is 17.7 Å². The molecule has 1 aliphatic rings. The molecule has 1 unspecified atom stereocenters. The molecule has 0 amide bonds. The fourth-order valence-electron chi connectivity index (χ4n) is 1.56. The van der Waals surface area contributed by atoms with Crippen LogP contribution in [0.25, 0.3) is 0 Å². The molecule has 0 bridgehead atoms. The summed E-state index contributed by atoms with van der Waals surface area (Å²) >= 11 is 1.79. The Morgan fingerprint density at radius 1 is 1.58 bits per heavy atom. The van der Waals surface area contributed by atoms with Crippen molar-refractivity contribution in [3.63, 3.8) is 0 Å². The standard InChI is InChI=1S/C10H12OS/c11-9-4-3-8(6-9)7-10-2-1-5-12-10/h1-2,5-6,9,11H,3-4,7H2. The highest BCUT2D eigenvalue weighted by atomic mass is 32.1. The first-order valence-corrected chi connectivity index (χ1v) is 5.12. The van der Waals surface area contributed by atoms with E-state index in [1.165, 1.54) is 10.5 Å². The van der Waals surface area contributed by atoms with Gasteiger partial charge in [0, 0.05) is 11.3 Å². The molecule has 12 heavy (non-hydrogen) atoms. The van der Waals surface area contributed by atoms with Crippen molar-refractivity contribution in [3.05, 3.63) is 34.0 Å². The normalized spacial score (nSPS) is 22.8. The van der Waals surface area contributed by atoms with Gasteiger partial charge < -0.3 is 5.11 Å². The summed E-state index contributed by atoms with van der Waals surface area (Å²) in [5.74, 6) is 0. The minimum absolute atomic E-state index is 0.181. The van der Waals surface area contributed by atoms with Crippen LogP contribution in [0.15, 0.2) is 29.2 Å². The van der Waals surface area contributed by atoms with Gasteiger partial charge in [-0.2, -0.15) is 0 Å². The molecular formula is C10H12OS. The Labute approximate surface area is 76.4 Å². The van der Waals surface area contributed by atoms with Gasteiger partial charge in [-0.15, -0.1) is 11.3 Å². The fourth-order valence-corrected chi connectivity index (χ4v) is 2.31. The molecule has 1 heterocycles. The van der Waals surface area contributed by atoms with Gasteiger partial charge in [-0.3, -0.25) is 0 Å². The number of thiophene rings is 1. The summed E-state index contributed by atoms with van der Waals surface area (Å²) < 4.78 is 0. The average Bonchev–Trinajstić information content (AvgIpc) is 2.63. The third-order valence-electron chi connectivity index (χ3n) is 2.17. The third kappa shape index (κ3) is 1.76. The third-order valence-corrected chi connectivity index (χ3v) is 3.05. The highest BCUT2D eigenvalue weighted by Crippen LogP contribution is 2.23. The number of rotatable bonds is 2. The van der Waals surface area contributed by atoms with Crippen molar-refractivity contribution >= 4 is 11.3 Å². The van der Waals surface area contributed by atoms with Crippen LogP contribution in [0.4, 0.5) is 0 Å². The maximum atomic E-state index is 9.26. The van der Waals surface area contributed by atoms with E-state index < -0.39 is 0 Å². The molecule has 0 aromatic carbocycles. The molecule has 1 nitrogen and oxygen atoms in total. The fraction of sp³-hybridized carbons (Fsp3) is 0.400. The molecule has 2 heteroatoms. The second-order valence-electron chi connectivity index (χ2n) is 3.19. The molecule has 1 aromatic heterocycles. The smallest absolute Gasteiger partial charge is 0.0726 e. The van der Waals surface area contributed by atoms with Gasteiger partial charge in [0.15, 0.2) is 0 Å². The van der Waals surface area contributed by atoms with Crippen LogP contribution in [0.2, 0.25) is 0 Å². The Morgan fingerprint density at radius 3 is 3.08 bits per heavy atom. The highest BCUT2D eigenvalue weighted by Gasteiger charge is 2.12. The van der Waals surface area contributed by atoms with Gasteiger partial charge >= 0.3 is 0 Å². The molecule has 1 atom stereocenters. The Morgan fingerprint density at radius 2 is 2.50 bits per heavy atom. The van der Waals surface area contributed by atoms with Gasteiger partial charge in [0.25, 0.3) is 0 Å². The summed E-state index contributed by atoms with van der Waals surface area (Å²) in [5.41, 5.74) is 1.39. The van der Waals surface area contributed by atoms with Gasteiger partial charge in [0.05, 0.1) is 6.10 Å². The number of hydrogen-bond donors (Lipinski definition) is 1. The average molecular weight is 180 g/mol. The molecule has 1 N–H and O–H groups in total. The summed E-state index contributed by atoms with van der Waals surface area (Å²) in [6.07, 6.45) is 4.84. The van der Waals surface area contributed by atoms with Gasteiger partial charge in [0.2, 0.25) is 0 Å².